The smallest absolute Gasteiger partial charge is 0.251 e. The van der Waals surface area contributed by atoms with Crippen molar-refractivity contribution >= 4 is 5.91 Å². The molecule has 0 spiro atoms. The standard InChI is InChI=1S/C15H22N2O/c1-3-12-5-7-13(8-6-12)14(18)16-11-15(2)9-4-10-17-15/h5-8,17H,3-4,9-11H2,1-2H3,(H,16,18). The van der Waals surface area contributed by atoms with Gasteiger partial charge in [-0.3, -0.25) is 4.79 Å². The van der Waals surface area contributed by atoms with E-state index < -0.39 is 0 Å². The van der Waals surface area contributed by atoms with Crippen LogP contribution in [0.4, 0.5) is 0 Å². The van der Waals surface area contributed by atoms with Crippen molar-refractivity contribution in [2.45, 2.75) is 38.6 Å². The lowest BCUT2D eigenvalue weighted by Crippen LogP contribution is -2.47. The van der Waals surface area contributed by atoms with E-state index in [-0.39, 0.29) is 11.4 Å². The van der Waals surface area contributed by atoms with Gasteiger partial charge < -0.3 is 10.6 Å². The molecule has 2 N–H and O–H groups in total. The van der Waals surface area contributed by atoms with Crippen molar-refractivity contribution < 1.29 is 4.79 Å². The highest BCUT2D eigenvalue weighted by Crippen LogP contribution is 2.17. The number of hydrogen-bond donors (Lipinski definition) is 2. The van der Waals surface area contributed by atoms with Crippen LogP contribution in [0.1, 0.15) is 42.6 Å². The SMILES string of the molecule is CCc1ccc(C(=O)NCC2(C)CCCN2)cc1. The number of amides is 1. The van der Waals surface area contributed by atoms with Crippen LogP contribution in [0.5, 0.6) is 0 Å². The maximum Gasteiger partial charge on any atom is 0.251 e. The van der Waals surface area contributed by atoms with Crippen molar-refractivity contribution in [2.24, 2.45) is 0 Å². The first-order valence-electron chi connectivity index (χ1n) is 6.75. The summed E-state index contributed by atoms with van der Waals surface area (Å²) >= 11 is 0. The van der Waals surface area contributed by atoms with Crippen LogP contribution in [0.3, 0.4) is 0 Å². The van der Waals surface area contributed by atoms with Crippen LogP contribution in [-0.4, -0.2) is 24.5 Å². The number of aryl methyl sites for hydroxylation is 1. The van der Waals surface area contributed by atoms with Gasteiger partial charge in [-0.05, 0) is 50.4 Å². The third-order valence-corrected chi connectivity index (χ3v) is 3.72. The summed E-state index contributed by atoms with van der Waals surface area (Å²) < 4.78 is 0. The van der Waals surface area contributed by atoms with Crippen LogP contribution < -0.4 is 10.6 Å². The highest BCUT2D eigenvalue weighted by molar-refractivity contribution is 5.94. The highest BCUT2D eigenvalue weighted by Gasteiger charge is 2.28. The topological polar surface area (TPSA) is 41.1 Å². The van der Waals surface area contributed by atoms with Crippen LogP contribution in [0.15, 0.2) is 24.3 Å². The molecule has 1 saturated heterocycles. The summed E-state index contributed by atoms with van der Waals surface area (Å²) in [6, 6.07) is 7.84. The van der Waals surface area contributed by atoms with E-state index in [2.05, 4.69) is 24.5 Å². The molecule has 1 aliphatic rings. The van der Waals surface area contributed by atoms with Gasteiger partial charge in [0, 0.05) is 17.6 Å². The molecule has 0 aliphatic carbocycles. The lowest BCUT2D eigenvalue weighted by molar-refractivity contribution is 0.0942. The van der Waals surface area contributed by atoms with Gasteiger partial charge in [0.15, 0.2) is 0 Å². The third-order valence-electron chi connectivity index (χ3n) is 3.72. The monoisotopic (exact) mass is 246 g/mol. The molecule has 1 fully saturated rings. The van der Waals surface area contributed by atoms with Crippen molar-refractivity contribution in [3.8, 4) is 0 Å². The van der Waals surface area contributed by atoms with Gasteiger partial charge in [0.1, 0.15) is 0 Å². The maximum atomic E-state index is 12.0. The molecular formula is C15H22N2O. The van der Waals surface area contributed by atoms with Crippen LogP contribution in [0, 0.1) is 0 Å². The minimum atomic E-state index is 0.0209. The molecule has 1 atom stereocenters. The number of benzene rings is 1. The summed E-state index contributed by atoms with van der Waals surface area (Å²) in [6.07, 6.45) is 3.32. The Bertz CT molecular complexity index is 405. The Hall–Kier alpha value is -1.35. The summed E-state index contributed by atoms with van der Waals surface area (Å²) in [5, 5.41) is 6.46. The normalized spacial score (nSPS) is 23.0. The fourth-order valence-electron chi connectivity index (χ4n) is 2.38. The van der Waals surface area contributed by atoms with Crippen LogP contribution in [0.25, 0.3) is 0 Å². The molecule has 1 aromatic rings. The highest BCUT2D eigenvalue weighted by atomic mass is 16.1. The number of carbonyl (C=O) groups excluding carboxylic acids is 1. The number of rotatable bonds is 4. The Morgan fingerprint density at radius 2 is 2.11 bits per heavy atom. The molecule has 1 aliphatic heterocycles. The first-order valence-corrected chi connectivity index (χ1v) is 6.75. The van der Waals surface area contributed by atoms with Crippen molar-refractivity contribution in [3.63, 3.8) is 0 Å². The van der Waals surface area contributed by atoms with E-state index in [1.807, 2.05) is 24.3 Å². The molecule has 1 aromatic carbocycles. The average molecular weight is 246 g/mol. The molecule has 98 valence electrons. The largest absolute Gasteiger partial charge is 0.350 e. The van der Waals surface area contributed by atoms with Gasteiger partial charge in [0.25, 0.3) is 5.91 Å². The summed E-state index contributed by atoms with van der Waals surface area (Å²) in [6.45, 7) is 6.03. The fraction of sp³-hybridized carbons (Fsp3) is 0.533. The Morgan fingerprint density at radius 3 is 2.67 bits per heavy atom. The molecule has 1 heterocycles. The van der Waals surface area contributed by atoms with Gasteiger partial charge in [-0.25, -0.2) is 0 Å². The first-order chi connectivity index (χ1) is 8.63. The summed E-state index contributed by atoms with van der Waals surface area (Å²) in [4.78, 5) is 12.0. The van der Waals surface area contributed by atoms with Gasteiger partial charge in [0.2, 0.25) is 0 Å². The third kappa shape index (κ3) is 3.10. The second-order valence-corrected chi connectivity index (χ2v) is 5.32. The van der Waals surface area contributed by atoms with Crippen molar-refractivity contribution in [1.29, 1.82) is 0 Å². The molecular weight excluding hydrogens is 224 g/mol. The molecule has 3 nitrogen and oxygen atoms in total. The quantitative estimate of drug-likeness (QED) is 0.854. The van der Waals surface area contributed by atoms with Crippen LogP contribution in [-0.2, 0) is 6.42 Å². The Morgan fingerprint density at radius 1 is 1.39 bits per heavy atom. The predicted molar refractivity (Wildman–Crippen MR) is 73.8 cm³/mol. The minimum absolute atomic E-state index is 0.0209. The van der Waals surface area contributed by atoms with E-state index in [4.69, 9.17) is 0 Å². The molecule has 0 saturated carbocycles. The molecule has 1 amide bonds. The van der Waals surface area contributed by atoms with E-state index in [0.29, 0.717) is 6.54 Å². The Kier molecular flexibility index (Phi) is 4.02. The lowest BCUT2D eigenvalue weighted by Gasteiger charge is -2.24. The average Bonchev–Trinajstić information content (AvgIpc) is 2.83. The van der Waals surface area contributed by atoms with Crippen molar-refractivity contribution in [2.75, 3.05) is 13.1 Å². The number of hydrogen-bond acceptors (Lipinski definition) is 2. The predicted octanol–water partition coefficient (Wildman–Crippen LogP) is 2.12. The summed E-state index contributed by atoms with van der Waals surface area (Å²) in [5.41, 5.74) is 2.07. The van der Waals surface area contributed by atoms with E-state index in [1.54, 1.807) is 0 Å². The van der Waals surface area contributed by atoms with Gasteiger partial charge in [-0.15, -0.1) is 0 Å². The first kappa shape index (κ1) is 13.1. The van der Waals surface area contributed by atoms with Crippen molar-refractivity contribution in [3.05, 3.63) is 35.4 Å². The molecule has 0 radical (unpaired) electrons. The molecule has 3 heteroatoms. The lowest BCUT2D eigenvalue weighted by atomic mass is 10.0. The van der Waals surface area contributed by atoms with Crippen LogP contribution in [0.2, 0.25) is 0 Å². The van der Waals surface area contributed by atoms with Gasteiger partial charge >= 0.3 is 0 Å². The Balaban J connectivity index is 1.90. The second kappa shape index (κ2) is 5.53. The zero-order chi connectivity index (χ0) is 13.0. The minimum Gasteiger partial charge on any atom is -0.350 e. The number of nitrogens with one attached hydrogen (secondary N) is 2. The molecule has 2 rings (SSSR count). The van der Waals surface area contributed by atoms with Crippen LogP contribution >= 0.6 is 0 Å². The Labute approximate surface area is 109 Å². The maximum absolute atomic E-state index is 12.0. The van der Waals surface area contributed by atoms with E-state index in [1.165, 1.54) is 12.0 Å². The molecule has 1 unspecified atom stereocenters. The summed E-state index contributed by atoms with van der Waals surface area (Å²) in [7, 11) is 0. The van der Waals surface area contributed by atoms with Crippen molar-refractivity contribution in [1.82, 2.24) is 10.6 Å². The molecule has 18 heavy (non-hydrogen) atoms. The molecule has 0 bridgehead atoms. The zero-order valence-electron chi connectivity index (χ0n) is 11.3. The fourth-order valence-corrected chi connectivity index (χ4v) is 2.38. The van der Waals surface area contributed by atoms with E-state index in [0.717, 1.165) is 24.9 Å². The van der Waals surface area contributed by atoms with Gasteiger partial charge in [-0.1, -0.05) is 19.1 Å². The van der Waals surface area contributed by atoms with Gasteiger partial charge in [-0.2, -0.15) is 0 Å². The second-order valence-electron chi connectivity index (χ2n) is 5.32. The molecule has 0 aromatic heterocycles. The van der Waals surface area contributed by atoms with E-state index in [9.17, 15) is 4.79 Å². The van der Waals surface area contributed by atoms with E-state index >= 15 is 0 Å². The van der Waals surface area contributed by atoms with Gasteiger partial charge in [0.05, 0.1) is 0 Å². The summed E-state index contributed by atoms with van der Waals surface area (Å²) in [5.74, 6) is 0.0209. The number of carbonyl (C=O) groups is 1. The zero-order valence-corrected chi connectivity index (χ0v) is 11.3.